The number of fused-ring (bicyclic) bond motifs is 1. The Morgan fingerprint density at radius 3 is 2.79 bits per heavy atom. The molecule has 0 bridgehead atoms. The maximum absolute atomic E-state index is 11.9. The Morgan fingerprint density at radius 1 is 1.21 bits per heavy atom. The van der Waals surface area contributed by atoms with Gasteiger partial charge in [-0.05, 0) is 47.6 Å². The Balaban J connectivity index is 1.62. The lowest BCUT2D eigenvalue weighted by Crippen LogP contribution is -2.26. The lowest BCUT2D eigenvalue weighted by atomic mass is 9.71. The minimum Gasteiger partial charge on any atom is -0.329 e. The molecule has 0 aliphatic heterocycles. The third-order valence-electron chi connectivity index (χ3n) is 6.03. The molecule has 1 aliphatic carbocycles. The molecule has 2 heterocycles. The molecular weight excluding hydrogens is 358 g/mol. The van der Waals surface area contributed by atoms with Gasteiger partial charge in [-0.25, -0.2) is 0 Å². The first-order valence-electron chi connectivity index (χ1n) is 9.92. The number of benzene rings is 1. The Morgan fingerprint density at radius 2 is 2.03 bits per heavy atom. The number of hydrogen-bond donors (Lipinski definition) is 1. The summed E-state index contributed by atoms with van der Waals surface area (Å²) in [6.07, 6.45) is 8.86. The summed E-state index contributed by atoms with van der Waals surface area (Å²) in [6.45, 7) is 4.51. The van der Waals surface area contributed by atoms with Crippen LogP contribution in [0.25, 0.3) is 17.2 Å². The molecular formula is C25H23N3O. The average Bonchev–Trinajstić information content (AvgIpc) is 2.75. The van der Waals surface area contributed by atoms with Crippen LogP contribution in [0.15, 0.2) is 65.7 Å². The monoisotopic (exact) mass is 381 g/mol. The number of nitrogens with zero attached hydrogens (tertiary/aromatic N) is 2. The van der Waals surface area contributed by atoms with Gasteiger partial charge < -0.3 is 4.98 Å². The highest BCUT2D eigenvalue weighted by atomic mass is 16.1. The molecule has 4 rings (SSSR count). The van der Waals surface area contributed by atoms with Crippen molar-refractivity contribution >= 4 is 6.08 Å². The second kappa shape index (κ2) is 7.89. The molecule has 144 valence electrons. The summed E-state index contributed by atoms with van der Waals surface area (Å²) < 4.78 is 0. The third kappa shape index (κ3) is 3.77. The Labute approximate surface area is 170 Å². The molecule has 1 aromatic carbocycles. The van der Waals surface area contributed by atoms with Gasteiger partial charge in [-0.3, -0.25) is 9.78 Å². The van der Waals surface area contributed by atoms with Crippen LogP contribution in [0.2, 0.25) is 0 Å². The van der Waals surface area contributed by atoms with Crippen molar-refractivity contribution in [3.63, 3.8) is 0 Å². The fraction of sp³-hybridized carbons (Fsp3) is 0.240. The molecule has 1 aliphatic rings. The molecule has 4 heteroatoms. The van der Waals surface area contributed by atoms with Crippen LogP contribution in [0, 0.1) is 23.2 Å². The molecule has 0 saturated heterocycles. The van der Waals surface area contributed by atoms with E-state index in [1.165, 1.54) is 5.56 Å². The highest BCUT2D eigenvalue weighted by Gasteiger charge is 2.30. The van der Waals surface area contributed by atoms with Crippen molar-refractivity contribution in [3.05, 3.63) is 93.7 Å². The Bertz CT molecular complexity index is 1150. The molecule has 0 amide bonds. The summed E-state index contributed by atoms with van der Waals surface area (Å²) in [5.41, 5.74) is 5.61. The molecule has 2 aromatic heterocycles. The number of hydrogen-bond acceptors (Lipinski definition) is 3. The van der Waals surface area contributed by atoms with E-state index in [9.17, 15) is 10.1 Å². The molecule has 0 fully saturated rings. The van der Waals surface area contributed by atoms with E-state index < -0.39 is 0 Å². The van der Waals surface area contributed by atoms with Gasteiger partial charge >= 0.3 is 0 Å². The van der Waals surface area contributed by atoms with Crippen LogP contribution in [-0.4, -0.2) is 9.97 Å². The van der Waals surface area contributed by atoms with Gasteiger partial charge in [0.25, 0.3) is 0 Å². The van der Waals surface area contributed by atoms with E-state index >= 15 is 0 Å². The lowest BCUT2D eigenvalue weighted by Gasteiger charge is -2.34. The van der Waals surface area contributed by atoms with Crippen LogP contribution in [0.1, 0.15) is 42.1 Å². The highest BCUT2D eigenvalue weighted by Crippen LogP contribution is 2.39. The molecule has 0 saturated carbocycles. The number of H-pyrrole nitrogens is 1. The second-order valence-electron chi connectivity index (χ2n) is 7.83. The first-order valence-corrected chi connectivity index (χ1v) is 9.92. The summed E-state index contributed by atoms with van der Waals surface area (Å²) >= 11 is 0. The van der Waals surface area contributed by atoms with Gasteiger partial charge in [-0.15, -0.1) is 0 Å². The minimum absolute atomic E-state index is 0.0532. The molecule has 0 spiro atoms. The van der Waals surface area contributed by atoms with E-state index in [0.29, 0.717) is 17.4 Å². The van der Waals surface area contributed by atoms with Gasteiger partial charge in [0.05, 0.1) is 17.3 Å². The maximum Gasteiger partial charge on any atom is 0.248 e. The molecule has 3 aromatic rings. The van der Waals surface area contributed by atoms with Crippen LogP contribution < -0.4 is 5.56 Å². The first kappa shape index (κ1) is 18.9. The predicted molar refractivity (Wildman–Crippen MR) is 115 cm³/mol. The fourth-order valence-corrected chi connectivity index (χ4v) is 4.15. The van der Waals surface area contributed by atoms with Crippen molar-refractivity contribution in [2.45, 2.75) is 26.2 Å². The van der Waals surface area contributed by atoms with Gasteiger partial charge in [-0.2, -0.15) is 5.26 Å². The normalized spacial score (nSPS) is 20.9. The maximum atomic E-state index is 11.9. The number of nitrogens with one attached hydrogen (secondary N) is 1. The lowest BCUT2D eigenvalue weighted by molar-refractivity contribution is 0.331. The summed E-state index contributed by atoms with van der Waals surface area (Å²) in [5, 5.41) is 9.30. The summed E-state index contributed by atoms with van der Waals surface area (Å²) in [5.74, 6) is 1.18. The van der Waals surface area contributed by atoms with Gasteiger partial charge in [0.2, 0.25) is 5.56 Å². The fourth-order valence-electron chi connectivity index (χ4n) is 4.15. The van der Waals surface area contributed by atoms with Crippen molar-refractivity contribution in [1.29, 1.82) is 5.26 Å². The molecule has 0 radical (unpaired) electrons. The number of aromatic nitrogens is 2. The van der Waals surface area contributed by atoms with Gasteiger partial charge in [0.15, 0.2) is 0 Å². The molecule has 29 heavy (non-hydrogen) atoms. The van der Waals surface area contributed by atoms with Crippen molar-refractivity contribution in [2.75, 3.05) is 0 Å². The number of aromatic amines is 1. The number of nitriles is 1. The number of allylic oxidation sites excluding steroid dienone is 1. The molecule has 0 unspecified atom stereocenters. The van der Waals surface area contributed by atoms with E-state index in [4.69, 9.17) is 0 Å². The molecule has 1 N–H and O–H groups in total. The van der Waals surface area contributed by atoms with Crippen LogP contribution in [0.3, 0.4) is 0 Å². The summed E-state index contributed by atoms with van der Waals surface area (Å²) in [7, 11) is 0. The zero-order chi connectivity index (χ0) is 20.4. The quantitative estimate of drug-likeness (QED) is 0.699. The van der Waals surface area contributed by atoms with Crippen LogP contribution in [-0.2, 0) is 6.42 Å². The summed E-state index contributed by atoms with van der Waals surface area (Å²) in [4.78, 5) is 19.2. The Kier molecular flexibility index (Phi) is 5.14. The number of pyridine rings is 2. The minimum atomic E-state index is -0.0532. The van der Waals surface area contributed by atoms with Gasteiger partial charge in [0, 0.05) is 35.5 Å². The standard InChI is InChI=1S/C25H23N3O/c1-16-11-20-15-28-25(29)12-24(20)22(17(16)2)10-9-21-8-7-19(14-27-21)23-6-4-3-5-18(23)13-26/h3-10,12,14-17,22H,11H2,1-2H3,(H,28,29)/b10-9+/t16-,17+,22-/m0/s1. The average molecular weight is 381 g/mol. The van der Waals surface area contributed by atoms with E-state index in [1.54, 1.807) is 12.3 Å². The number of rotatable bonds is 3. The smallest absolute Gasteiger partial charge is 0.248 e. The highest BCUT2D eigenvalue weighted by molar-refractivity contribution is 5.70. The van der Waals surface area contributed by atoms with E-state index in [2.05, 4.69) is 36.0 Å². The van der Waals surface area contributed by atoms with Crippen molar-refractivity contribution < 1.29 is 0 Å². The second-order valence-corrected chi connectivity index (χ2v) is 7.83. The van der Waals surface area contributed by atoms with E-state index in [1.807, 2.05) is 48.7 Å². The van der Waals surface area contributed by atoms with Gasteiger partial charge in [0.1, 0.15) is 0 Å². The van der Waals surface area contributed by atoms with Gasteiger partial charge in [-0.1, -0.05) is 44.2 Å². The van der Waals surface area contributed by atoms with Crippen LogP contribution in [0.4, 0.5) is 0 Å². The molecule has 3 atom stereocenters. The summed E-state index contributed by atoms with van der Waals surface area (Å²) in [6, 6.07) is 15.5. The van der Waals surface area contributed by atoms with Crippen molar-refractivity contribution in [2.24, 2.45) is 11.8 Å². The van der Waals surface area contributed by atoms with Crippen molar-refractivity contribution in [1.82, 2.24) is 9.97 Å². The predicted octanol–water partition coefficient (Wildman–Crippen LogP) is 4.93. The van der Waals surface area contributed by atoms with Crippen LogP contribution >= 0.6 is 0 Å². The van der Waals surface area contributed by atoms with Crippen LogP contribution in [0.5, 0.6) is 0 Å². The zero-order valence-electron chi connectivity index (χ0n) is 16.6. The first-order chi connectivity index (χ1) is 14.1. The third-order valence-corrected chi connectivity index (χ3v) is 6.03. The molecule has 4 nitrogen and oxygen atoms in total. The van der Waals surface area contributed by atoms with E-state index in [0.717, 1.165) is 28.8 Å². The SMILES string of the molecule is C[C@H]1[C@H](/C=C/c2ccc(-c3ccccc3C#N)cn2)c2cc(=O)[nH]cc2C[C@@H]1C. The largest absolute Gasteiger partial charge is 0.329 e. The Hall–Kier alpha value is -3.45. The zero-order valence-corrected chi connectivity index (χ0v) is 16.6. The topological polar surface area (TPSA) is 69.5 Å². The van der Waals surface area contributed by atoms with Crippen molar-refractivity contribution in [3.8, 4) is 17.2 Å². The van der Waals surface area contributed by atoms with E-state index in [-0.39, 0.29) is 11.5 Å².